The average molecular weight is 399 g/mol. The maximum absolute atomic E-state index is 11.2. The van der Waals surface area contributed by atoms with Crippen LogP contribution < -0.4 is 5.73 Å². The number of nitrogens with zero attached hydrogens (tertiary/aromatic N) is 5. The molecular weight excluding hydrogens is 380 g/mol. The van der Waals surface area contributed by atoms with Crippen LogP contribution in [0.25, 0.3) is 11.4 Å². The van der Waals surface area contributed by atoms with Crippen molar-refractivity contribution in [3.63, 3.8) is 0 Å². The van der Waals surface area contributed by atoms with Crippen LogP contribution in [0, 0.1) is 6.92 Å². The van der Waals surface area contributed by atoms with Crippen LogP contribution in [-0.2, 0) is 4.79 Å². The van der Waals surface area contributed by atoms with Gasteiger partial charge in [0.15, 0.2) is 5.82 Å². The summed E-state index contributed by atoms with van der Waals surface area (Å²) in [6.07, 6.45) is 2.75. The number of nitrogens with two attached hydrogens (primary N) is 1. The zero-order chi connectivity index (χ0) is 19.1. The van der Waals surface area contributed by atoms with E-state index in [0.717, 1.165) is 16.2 Å². The molecule has 138 valence electrons. The van der Waals surface area contributed by atoms with E-state index in [1.54, 1.807) is 34.7 Å². The molecule has 0 aliphatic rings. The van der Waals surface area contributed by atoms with Gasteiger partial charge in [-0.15, -0.1) is 20.4 Å². The number of primary amides is 1. The highest BCUT2D eigenvalue weighted by Gasteiger charge is 2.15. The quantitative estimate of drug-likeness (QED) is 0.575. The minimum atomic E-state index is -0.301. The molecule has 2 heterocycles. The van der Waals surface area contributed by atoms with Crippen LogP contribution in [-0.4, -0.2) is 31.3 Å². The predicted molar refractivity (Wildman–Crippen MR) is 107 cm³/mol. The van der Waals surface area contributed by atoms with Crippen molar-refractivity contribution < 1.29 is 4.79 Å². The number of amides is 1. The first-order valence-electron chi connectivity index (χ1n) is 8.29. The molecule has 2 aromatic heterocycles. The lowest BCUT2D eigenvalue weighted by atomic mass is 10.1. The Morgan fingerprint density at radius 2 is 1.81 bits per heavy atom. The number of rotatable bonds is 8. The summed E-state index contributed by atoms with van der Waals surface area (Å²) in [7, 11) is 3.25. The Hall–Kier alpha value is -2.52. The molecule has 0 aliphatic carbocycles. The van der Waals surface area contributed by atoms with E-state index in [9.17, 15) is 4.79 Å². The molecule has 7 nitrogen and oxygen atoms in total. The summed E-state index contributed by atoms with van der Waals surface area (Å²) in [5.41, 5.74) is 7.28. The topological polar surface area (TPSA) is 108 Å². The Morgan fingerprint density at radius 3 is 2.44 bits per heavy atom. The monoisotopic (exact) mass is 398 g/mol. The number of aryl methyl sites for hydroxylation is 1. The third-order valence-corrected chi connectivity index (χ3v) is 6.41. The van der Waals surface area contributed by atoms with Crippen molar-refractivity contribution in [1.82, 2.24) is 25.4 Å². The first-order chi connectivity index (χ1) is 13.1. The molecule has 0 bridgehead atoms. The lowest BCUT2D eigenvalue weighted by Crippen LogP contribution is -2.11. The van der Waals surface area contributed by atoms with Gasteiger partial charge < -0.3 is 5.73 Å². The smallest absolute Gasteiger partial charge is 0.217 e. The van der Waals surface area contributed by atoms with Gasteiger partial charge in [-0.3, -0.25) is 4.79 Å². The SMILES string of the molecule is Cc1nnc(-c2ccc(C(CCC(N)=O)SSc3ccccn3)cc2)nn1. The number of pyridine rings is 1. The average Bonchev–Trinajstić information content (AvgIpc) is 2.69. The Balaban J connectivity index is 1.74. The van der Waals surface area contributed by atoms with Gasteiger partial charge in [0.25, 0.3) is 0 Å². The standard InChI is InChI=1S/C18H18N6OS2/c1-12-21-23-18(24-22-12)14-7-5-13(6-8-14)15(9-10-16(19)25)26-27-17-4-2-3-11-20-17/h2-8,11,15H,9-10H2,1H3,(H2,19,25). The highest BCUT2D eigenvalue weighted by atomic mass is 33.1. The zero-order valence-electron chi connectivity index (χ0n) is 14.6. The molecule has 0 spiro atoms. The molecule has 0 aliphatic heterocycles. The number of aromatic nitrogens is 5. The summed E-state index contributed by atoms with van der Waals surface area (Å²) >= 11 is 0. The molecule has 0 radical (unpaired) electrons. The summed E-state index contributed by atoms with van der Waals surface area (Å²) in [5.74, 6) is 0.714. The van der Waals surface area contributed by atoms with Crippen molar-refractivity contribution in [2.24, 2.45) is 5.73 Å². The molecule has 1 amide bonds. The van der Waals surface area contributed by atoms with Gasteiger partial charge in [0.2, 0.25) is 11.7 Å². The summed E-state index contributed by atoms with van der Waals surface area (Å²) in [6, 6.07) is 13.7. The van der Waals surface area contributed by atoms with Crippen LogP contribution in [0.15, 0.2) is 53.7 Å². The molecule has 9 heteroatoms. The second-order valence-corrected chi connectivity index (χ2v) is 8.16. The minimum absolute atomic E-state index is 0.105. The summed E-state index contributed by atoms with van der Waals surface area (Å²) < 4.78 is 0. The van der Waals surface area contributed by atoms with Crippen molar-refractivity contribution in [1.29, 1.82) is 0 Å². The van der Waals surface area contributed by atoms with Gasteiger partial charge in [0, 0.05) is 23.4 Å². The first kappa shape index (κ1) is 19.2. The molecule has 3 aromatic rings. The van der Waals surface area contributed by atoms with Gasteiger partial charge in [-0.05, 0) is 41.8 Å². The normalized spacial score (nSPS) is 11.9. The summed E-state index contributed by atoms with van der Waals surface area (Å²) in [4.78, 5) is 15.6. The number of benzene rings is 1. The molecular formula is C18H18N6OS2. The van der Waals surface area contributed by atoms with E-state index in [1.807, 2.05) is 42.5 Å². The van der Waals surface area contributed by atoms with Gasteiger partial charge in [0.05, 0.1) is 0 Å². The molecule has 1 aromatic carbocycles. The van der Waals surface area contributed by atoms with Crippen LogP contribution in [0.1, 0.15) is 29.5 Å². The van der Waals surface area contributed by atoms with Crippen LogP contribution in [0.3, 0.4) is 0 Å². The Morgan fingerprint density at radius 1 is 1.07 bits per heavy atom. The first-order valence-corrected chi connectivity index (χ1v) is 10.5. The second kappa shape index (κ2) is 9.43. The van der Waals surface area contributed by atoms with Crippen molar-refractivity contribution in [3.05, 3.63) is 60.0 Å². The van der Waals surface area contributed by atoms with E-state index in [2.05, 4.69) is 25.4 Å². The highest BCUT2D eigenvalue weighted by molar-refractivity contribution is 8.76. The van der Waals surface area contributed by atoms with Crippen molar-refractivity contribution in [2.75, 3.05) is 0 Å². The van der Waals surface area contributed by atoms with E-state index < -0.39 is 0 Å². The fourth-order valence-corrected chi connectivity index (χ4v) is 4.79. The second-order valence-electron chi connectivity index (χ2n) is 5.73. The van der Waals surface area contributed by atoms with Gasteiger partial charge in [-0.2, -0.15) is 0 Å². The molecule has 3 rings (SSSR count). The number of carbonyl (C=O) groups excluding carboxylic acids is 1. The molecule has 27 heavy (non-hydrogen) atoms. The third kappa shape index (κ3) is 5.73. The van der Waals surface area contributed by atoms with Gasteiger partial charge >= 0.3 is 0 Å². The maximum Gasteiger partial charge on any atom is 0.217 e. The van der Waals surface area contributed by atoms with E-state index in [0.29, 0.717) is 24.5 Å². The van der Waals surface area contributed by atoms with Crippen LogP contribution >= 0.6 is 21.6 Å². The largest absolute Gasteiger partial charge is 0.370 e. The molecule has 0 saturated heterocycles. The maximum atomic E-state index is 11.2. The van der Waals surface area contributed by atoms with Crippen LogP contribution in [0.4, 0.5) is 0 Å². The summed E-state index contributed by atoms with van der Waals surface area (Å²) in [6.45, 7) is 1.74. The van der Waals surface area contributed by atoms with Crippen molar-refractivity contribution >= 4 is 27.5 Å². The summed E-state index contributed by atoms with van der Waals surface area (Å²) in [5, 5.41) is 17.0. The third-order valence-electron chi connectivity index (χ3n) is 3.66. The number of hydrogen-bond donors (Lipinski definition) is 1. The lowest BCUT2D eigenvalue weighted by Gasteiger charge is -2.16. The van der Waals surface area contributed by atoms with Gasteiger partial charge in [0.1, 0.15) is 5.03 Å². The lowest BCUT2D eigenvalue weighted by molar-refractivity contribution is -0.118. The van der Waals surface area contributed by atoms with E-state index in [1.165, 1.54) is 0 Å². The molecule has 1 atom stereocenters. The predicted octanol–water partition coefficient (Wildman–Crippen LogP) is 3.38. The van der Waals surface area contributed by atoms with Gasteiger partial charge in [-0.1, -0.05) is 41.1 Å². The van der Waals surface area contributed by atoms with E-state index in [-0.39, 0.29) is 11.2 Å². The van der Waals surface area contributed by atoms with Gasteiger partial charge in [-0.25, -0.2) is 4.98 Å². The fourth-order valence-electron chi connectivity index (χ4n) is 2.29. The highest BCUT2D eigenvalue weighted by Crippen LogP contribution is 2.44. The Kier molecular flexibility index (Phi) is 6.72. The van der Waals surface area contributed by atoms with Crippen molar-refractivity contribution in [2.45, 2.75) is 30.0 Å². The minimum Gasteiger partial charge on any atom is -0.370 e. The van der Waals surface area contributed by atoms with Crippen LogP contribution in [0.5, 0.6) is 0 Å². The number of hydrogen-bond acceptors (Lipinski definition) is 8. The van der Waals surface area contributed by atoms with E-state index in [4.69, 9.17) is 5.73 Å². The molecule has 0 fully saturated rings. The Labute approximate surface area is 165 Å². The van der Waals surface area contributed by atoms with Crippen molar-refractivity contribution in [3.8, 4) is 11.4 Å². The zero-order valence-corrected chi connectivity index (χ0v) is 16.3. The molecule has 0 saturated carbocycles. The molecule has 2 N–H and O–H groups in total. The fraction of sp³-hybridized carbons (Fsp3) is 0.222. The Bertz CT molecular complexity index is 875. The van der Waals surface area contributed by atoms with E-state index >= 15 is 0 Å². The number of carbonyl (C=O) groups is 1. The van der Waals surface area contributed by atoms with Crippen LogP contribution in [0.2, 0.25) is 0 Å². The molecule has 1 unspecified atom stereocenters.